The van der Waals surface area contributed by atoms with Gasteiger partial charge >= 0.3 is 5.97 Å². The number of hydrogen-bond donors (Lipinski definition) is 2. The molecule has 102 valence electrons. The molecule has 2 heterocycles. The zero-order valence-corrected chi connectivity index (χ0v) is 11.1. The van der Waals surface area contributed by atoms with Crippen LogP contribution in [0, 0.1) is 0 Å². The lowest BCUT2D eigenvalue weighted by Crippen LogP contribution is -2.42. The zero-order chi connectivity index (χ0) is 13.4. The Hall–Kier alpha value is -1.55. The van der Waals surface area contributed by atoms with Crippen LogP contribution in [0.25, 0.3) is 0 Å². The SMILES string of the molecule is CCc1cccc2c1NC1C(CC(=O)O)OCCC21. The number of aryl methyl sites for hydroxylation is 1. The first kappa shape index (κ1) is 12.5. The lowest BCUT2D eigenvalue weighted by Gasteiger charge is -2.33. The first-order valence-corrected chi connectivity index (χ1v) is 6.92. The summed E-state index contributed by atoms with van der Waals surface area (Å²) in [7, 11) is 0. The molecule has 1 aromatic rings. The van der Waals surface area contributed by atoms with Gasteiger partial charge in [-0.1, -0.05) is 25.1 Å². The fraction of sp³-hybridized carbons (Fsp3) is 0.533. The minimum absolute atomic E-state index is 0.0730. The molecule has 1 saturated heterocycles. The number of carbonyl (C=O) groups is 1. The molecule has 3 rings (SSSR count). The molecule has 4 nitrogen and oxygen atoms in total. The van der Waals surface area contributed by atoms with E-state index in [1.165, 1.54) is 16.8 Å². The molecule has 0 spiro atoms. The first-order chi connectivity index (χ1) is 9.20. The molecule has 2 N–H and O–H groups in total. The number of ether oxygens (including phenoxy) is 1. The molecule has 0 radical (unpaired) electrons. The van der Waals surface area contributed by atoms with Gasteiger partial charge in [-0.2, -0.15) is 0 Å². The lowest BCUT2D eigenvalue weighted by molar-refractivity contribution is -0.141. The highest BCUT2D eigenvalue weighted by Gasteiger charge is 2.41. The van der Waals surface area contributed by atoms with E-state index in [1.54, 1.807) is 0 Å². The van der Waals surface area contributed by atoms with Crippen molar-refractivity contribution in [2.45, 2.75) is 44.2 Å². The van der Waals surface area contributed by atoms with Crippen LogP contribution < -0.4 is 5.32 Å². The average molecular weight is 261 g/mol. The van der Waals surface area contributed by atoms with Gasteiger partial charge in [0.15, 0.2) is 0 Å². The van der Waals surface area contributed by atoms with Gasteiger partial charge in [-0.25, -0.2) is 0 Å². The molecule has 4 heteroatoms. The highest BCUT2D eigenvalue weighted by atomic mass is 16.5. The van der Waals surface area contributed by atoms with E-state index in [2.05, 4.69) is 30.4 Å². The molecule has 1 aromatic carbocycles. The van der Waals surface area contributed by atoms with Crippen LogP contribution >= 0.6 is 0 Å². The molecule has 0 aromatic heterocycles. The van der Waals surface area contributed by atoms with Crippen molar-refractivity contribution in [3.05, 3.63) is 29.3 Å². The van der Waals surface area contributed by atoms with E-state index in [4.69, 9.17) is 9.84 Å². The summed E-state index contributed by atoms with van der Waals surface area (Å²) >= 11 is 0. The van der Waals surface area contributed by atoms with Gasteiger partial charge in [0.25, 0.3) is 0 Å². The summed E-state index contributed by atoms with van der Waals surface area (Å²) in [4.78, 5) is 10.9. The van der Waals surface area contributed by atoms with Crippen LogP contribution in [0.5, 0.6) is 0 Å². The predicted octanol–water partition coefficient (Wildman–Crippen LogP) is 2.39. The Morgan fingerprint density at radius 3 is 3.11 bits per heavy atom. The summed E-state index contributed by atoms with van der Waals surface area (Å²) < 4.78 is 5.66. The Morgan fingerprint density at radius 1 is 1.53 bits per heavy atom. The van der Waals surface area contributed by atoms with Crippen LogP contribution in [-0.4, -0.2) is 29.8 Å². The smallest absolute Gasteiger partial charge is 0.306 e. The number of anilines is 1. The third-order valence-electron chi connectivity index (χ3n) is 4.24. The number of benzene rings is 1. The molecule has 3 unspecified atom stereocenters. The van der Waals surface area contributed by atoms with Crippen molar-refractivity contribution in [3.8, 4) is 0 Å². The van der Waals surface area contributed by atoms with Gasteiger partial charge < -0.3 is 15.2 Å². The van der Waals surface area contributed by atoms with Gasteiger partial charge in [-0.3, -0.25) is 4.79 Å². The van der Waals surface area contributed by atoms with Crippen molar-refractivity contribution in [1.29, 1.82) is 0 Å². The monoisotopic (exact) mass is 261 g/mol. The summed E-state index contributed by atoms with van der Waals surface area (Å²) in [5.41, 5.74) is 3.85. The Balaban J connectivity index is 1.91. The third kappa shape index (κ3) is 2.10. The van der Waals surface area contributed by atoms with Gasteiger partial charge in [0, 0.05) is 18.2 Å². The Bertz CT molecular complexity index is 500. The number of carboxylic acid groups (broad SMARTS) is 1. The van der Waals surface area contributed by atoms with Gasteiger partial charge in [0.2, 0.25) is 0 Å². The fourth-order valence-corrected chi connectivity index (χ4v) is 3.36. The van der Waals surface area contributed by atoms with E-state index in [9.17, 15) is 4.79 Å². The van der Waals surface area contributed by atoms with E-state index in [0.29, 0.717) is 12.5 Å². The minimum Gasteiger partial charge on any atom is -0.481 e. The van der Waals surface area contributed by atoms with E-state index in [1.807, 2.05) is 0 Å². The Kier molecular flexibility index (Phi) is 3.19. The molecule has 0 bridgehead atoms. The summed E-state index contributed by atoms with van der Waals surface area (Å²) in [5, 5.41) is 12.5. The van der Waals surface area contributed by atoms with Crippen molar-refractivity contribution in [1.82, 2.24) is 0 Å². The summed E-state index contributed by atoms with van der Waals surface area (Å²) in [6, 6.07) is 6.50. The van der Waals surface area contributed by atoms with Crippen LogP contribution in [-0.2, 0) is 16.0 Å². The largest absolute Gasteiger partial charge is 0.481 e. The Morgan fingerprint density at radius 2 is 2.37 bits per heavy atom. The van der Waals surface area contributed by atoms with Crippen LogP contribution in [0.4, 0.5) is 5.69 Å². The van der Waals surface area contributed by atoms with Crippen molar-refractivity contribution in [3.63, 3.8) is 0 Å². The summed E-state index contributed by atoms with van der Waals surface area (Å²) in [5.74, 6) is -0.404. The van der Waals surface area contributed by atoms with Crippen LogP contribution in [0.15, 0.2) is 18.2 Å². The molecule has 0 aliphatic carbocycles. The molecule has 0 amide bonds. The van der Waals surface area contributed by atoms with E-state index in [0.717, 1.165) is 12.8 Å². The van der Waals surface area contributed by atoms with Crippen molar-refractivity contribution in [2.75, 3.05) is 11.9 Å². The van der Waals surface area contributed by atoms with Crippen LogP contribution in [0.1, 0.15) is 36.8 Å². The Labute approximate surface area is 112 Å². The van der Waals surface area contributed by atoms with Crippen LogP contribution in [0.2, 0.25) is 0 Å². The number of nitrogens with one attached hydrogen (secondary N) is 1. The molecule has 0 saturated carbocycles. The molecule has 1 fully saturated rings. The topological polar surface area (TPSA) is 58.6 Å². The number of para-hydroxylation sites is 1. The van der Waals surface area contributed by atoms with Gasteiger partial charge in [0.05, 0.1) is 18.6 Å². The zero-order valence-electron chi connectivity index (χ0n) is 11.1. The van der Waals surface area contributed by atoms with E-state index >= 15 is 0 Å². The van der Waals surface area contributed by atoms with E-state index in [-0.39, 0.29) is 18.6 Å². The van der Waals surface area contributed by atoms with Gasteiger partial charge in [-0.05, 0) is 24.0 Å². The maximum absolute atomic E-state index is 10.9. The van der Waals surface area contributed by atoms with Crippen molar-refractivity contribution < 1.29 is 14.6 Å². The van der Waals surface area contributed by atoms with Crippen molar-refractivity contribution in [2.24, 2.45) is 0 Å². The second-order valence-electron chi connectivity index (χ2n) is 5.31. The highest BCUT2D eigenvalue weighted by molar-refractivity contribution is 5.69. The predicted molar refractivity (Wildman–Crippen MR) is 72.6 cm³/mol. The first-order valence-electron chi connectivity index (χ1n) is 6.92. The average Bonchev–Trinajstić information content (AvgIpc) is 2.78. The molecular weight excluding hydrogens is 242 g/mol. The second-order valence-corrected chi connectivity index (χ2v) is 5.31. The maximum atomic E-state index is 10.9. The normalized spacial score (nSPS) is 28.4. The highest BCUT2D eigenvalue weighted by Crippen LogP contribution is 2.44. The number of rotatable bonds is 3. The number of carboxylic acids is 1. The quantitative estimate of drug-likeness (QED) is 0.877. The summed E-state index contributed by atoms with van der Waals surface area (Å²) in [6.45, 7) is 2.79. The molecule has 19 heavy (non-hydrogen) atoms. The number of fused-ring (bicyclic) bond motifs is 3. The molecule has 2 aliphatic heterocycles. The molecular formula is C15H19NO3. The van der Waals surface area contributed by atoms with Gasteiger partial charge in [0.1, 0.15) is 0 Å². The maximum Gasteiger partial charge on any atom is 0.306 e. The lowest BCUT2D eigenvalue weighted by atomic mass is 9.86. The number of aliphatic carboxylic acids is 1. The summed E-state index contributed by atoms with van der Waals surface area (Å²) in [6.07, 6.45) is 1.80. The second kappa shape index (κ2) is 4.85. The minimum atomic E-state index is -0.792. The molecule has 2 aliphatic rings. The number of hydrogen-bond acceptors (Lipinski definition) is 3. The van der Waals surface area contributed by atoms with Crippen molar-refractivity contribution >= 4 is 11.7 Å². The van der Waals surface area contributed by atoms with Crippen LogP contribution in [0.3, 0.4) is 0 Å². The van der Waals surface area contributed by atoms with E-state index < -0.39 is 5.97 Å². The fourth-order valence-electron chi connectivity index (χ4n) is 3.36. The third-order valence-corrected chi connectivity index (χ3v) is 4.24. The molecule has 3 atom stereocenters. The standard InChI is InChI=1S/C15H19NO3/c1-2-9-4-3-5-10-11-6-7-19-12(8-13(17)18)15(11)16-14(9)10/h3-5,11-12,15-16H,2,6-8H2,1H3,(H,17,18). The van der Waals surface area contributed by atoms with Gasteiger partial charge in [-0.15, -0.1) is 0 Å².